The summed E-state index contributed by atoms with van der Waals surface area (Å²) in [5.41, 5.74) is 5.67. The van der Waals surface area contributed by atoms with Crippen molar-refractivity contribution in [2.45, 2.75) is 27.2 Å². The smallest absolute Gasteiger partial charge is 0.224 e. The van der Waals surface area contributed by atoms with Crippen molar-refractivity contribution in [2.24, 2.45) is 5.92 Å². The first-order valence-electron chi connectivity index (χ1n) is 13.6. The first-order chi connectivity index (χ1) is 20.8. The summed E-state index contributed by atoms with van der Waals surface area (Å²) in [7, 11) is 0. The van der Waals surface area contributed by atoms with Crippen LogP contribution >= 0.6 is 11.3 Å². The number of carbonyl (C=O) groups is 2. The topological polar surface area (TPSA) is 144 Å². The van der Waals surface area contributed by atoms with Gasteiger partial charge < -0.3 is 21.3 Å². The number of amides is 1. The van der Waals surface area contributed by atoms with Crippen molar-refractivity contribution in [3.63, 3.8) is 0 Å². The molecule has 0 saturated carbocycles. The zero-order valence-corrected chi connectivity index (χ0v) is 24.2. The third-order valence-electron chi connectivity index (χ3n) is 7.10. The Morgan fingerprint density at radius 1 is 1.05 bits per heavy atom. The molecule has 7 rings (SSSR count). The van der Waals surface area contributed by atoms with Crippen LogP contribution in [0.1, 0.15) is 42.4 Å². The average Bonchev–Trinajstić information content (AvgIpc) is 3.57. The lowest BCUT2D eigenvalue weighted by atomic mass is 10.0. The number of nitrogens with zero attached hydrogens (tertiary/aromatic N) is 4. The summed E-state index contributed by atoms with van der Waals surface area (Å²) in [6.07, 6.45) is 10.2. The van der Waals surface area contributed by atoms with E-state index in [2.05, 4.69) is 41.2 Å². The number of rotatable bonds is 7. The SMILES string of the molecule is CC(=O)c1ccc(-c2cncc3c2NC=C(c2c4c(nc5cnc(-c6cncc(NC(=O)CC(C)C)c6)c(F)c25)N4)N3)s1. The van der Waals surface area contributed by atoms with E-state index in [0.29, 0.717) is 61.9 Å². The number of pyridine rings is 4. The van der Waals surface area contributed by atoms with Gasteiger partial charge in [0.15, 0.2) is 17.4 Å². The van der Waals surface area contributed by atoms with E-state index < -0.39 is 5.82 Å². The van der Waals surface area contributed by atoms with Crippen molar-refractivity contribution >= 4 is 68.2 Å². The van der Waals surface area contributed by atoms with Crippen LogP contribution in [0.25, 0.3) is 38.3 Å². The van der Waals surface area contributed by atoms with Crippen LogP contribution in [-0.2, 0) is 4.79 Å². The molecule has 0 radical (unpaired) electrons. The van der Waals surface area contributed by atoms with Gasteiger partial charge in [0.2, 0.25) is 5.91 Å². The zero-order valence-electron chi connectivity index (χ0n) is 23.4. The molecule has 2 aliphatic heterocycles. The molecule has 7 heterocycles. The Bertz CT molecular complexity index is 2020. The van der Waals surface area contributed by atoms with Crippen molar-refractivity contribution in [3.05, 3.63) is 71.6 Å². The van der Waals surface area contributed by atoms with Crippen LogP contribution in [0, 0.1) is 11.7 Å². The van der Waals surface area contributed by atoms with E-state index in [1.807, 2.05) is 26.0 Å². The van der Waals surface area contributed by atoms with Gasteiger partial charge in [-0.1, -0.05) is 13.8 Å². The fourth-order valence-corrected chi connectivity index (χ4v) is 6.04. The van der Waals surface area contributed by atoms with Crippen molar-refractivity contribution in [2.75, 3.05) is 21.3 Å². The van der Waals surface area contributed by atoms with Crippen molar-refractivity contribution < 1.29 is 14.0 Å². The third-order valence-corrected chi connectivity index (χ3v) is 8.32. The lowest BCUT2D eigenvalue weighted by Gasteiger charge is -2.23. The maximum absolute atomic E-state index is 16.4. The zero-order chi connectivity index (χ0) is 29.8. The minimum atomic E-state index is -0.556. The molecule has 1 amide bonds. The minimum Gasteiger partial charge on any atom is -0.357 e. The monoisotopic (exact) mass is 592 g/mol. The molecule has 5 aromatic heterocycles. The van der Waals surface area contributed by atoms with Gasteiger partial charge in [-0.3, -0.25) is 24.5 Å². The predicted molar refractivity (Wildman–Crippen MR) is 167 cm³/mol. The molecule has 0 aromatic carbocycles. The largest absolute Gasteiger partial charge is 0.357 e. The number of Topliss-reactive ketones (excluding diaryl/α,β-unsaturated/α-hetero) is 1. The lowest BCUT2D eigenvalue weighted by molar-refractivity contribution is -0.116. The van der Waals surface area contributed by atoms with Crippen LogP contribution in [0.4, 0.5) is 33.0 Å². The van der Waals surface area contributed by atoms with Gasteiger partial charge in [0.25, 0.3) is 0 Å². The Balaban J connectivity index is 1.27. The minimum absolute atomic E-state index is 0.00957. The van der Waals surface area contributed by atoms with E-state index in [-0.39, 0.29) is 23.3 Å². The highest BCUT2D eigenvalue weighted by Gasteiger charge is 2.32. The number of halogens is 1. The van der Waals surface area contributed by atoms with Crippen LogP contribution in [-0.4, -0.2) is 31.6 Å². The number of aromatic nitrogens is 4. The fourth-order valence-electron chi connectivity index (χ4n) is 5.12. The summed E-state index contributed by atoms with van der Waals surface area (Å²) in [5, 5.41) is 13.0. The number of carbonyl (C=O) groups excluding carboxylic acids is 2. The highest BCUT2D eigenvalue weighted by atomic mass is 32.1. The summed E-state index contributed by atoms with van der Waals surface area (Å²) in [6, 6.07) is 5.37. The first-order valence-corrected chi connectivity index (χ1v) is 14.5. The predicted octanol–water partition coefficient (Wildman–Crippen LogP) is 7.03. The summed E-state index contributed by atoms with van der Waals surface area (Å²) in [4.78, 5) is 43.3. The average molecular weight is 593 g/mol. The van der Waals surface area contributed by atoms with Crippen molar-refractivity contribution in [3.8, 4) is 21.7 Å². The number of fused-ring (bicyclic) bond motifs is 3. The molecule has 0 saturated heterocycles. The highest BCUT2D eigenvalue weighted by molar-refractivity contribution is 7.17. The Labute approximate surface area is 249 Å². The summed E-state index contributed by atoms with van der Waals surface area (Å²) in [6.45, 7) is 5.47. The number of ketones is 1. The molecule has 2 aliphatic rings. The summed E-state index contributed by atoms with van der Waals surface area (Å²) >= 11 is 1.40. The molecular formula is C31H25FN8O2S. The quantitative estimate of drug-likeness (QED) is 0.113. The van der Waals surface area contributed by atoms with E-state index in [1.54, 1.807) is 31.6 Å². The van der Waals surface area contributed by atoms with Gasteiger partial charge >= 0.3 is 0 Å². The molecule has 214 valence electrons. The molecule has 0 aliphatic carbocycles. The van der Waals surface area contributed by atoms with Gasteiger partial charge in [-0.2, -0.15) is 0 Å². The second-order valence-corrected chi connectivity index (χ2v) is 11.9. The van der Waals surface area contributed by atoms with E-state index in [4.69, 9.17) is 0 Å². The van der Waals surface area contributed by atoms with E-state index >= 15 is 4.39 Å². The highest BCUT2D eigenvalue weighted by Crippen LogP contribution is 2.49. The number of thiophene rings is 1. The van der Waals surface area contributed by atoms with Gasteiger partial charge in [0.1, 0.15) is 5.69 Å². The molecule has 5 aromatic rings. The summed E-state index contributed by atoms with van der Waals surface area (Å²) in [5.74, 6) is 0.171. The Hall–Kier alpha value is -5.23. The number of nitrogens with one attached hydrogen (secondary N) is 4. The van der Waals surface area contributed by atoms with Gasteiger partial charge in [0.05, 0.1) is 62.8 Å². The maximum Gasteiger partial charge on any atom is 0.224 e. The fraction of sp³-hybridized carbons (Fsp3) is 0.161. The molecular weight excluding hydrogens is 567 g/mol. The molecule has 0 fully saturated rings. The molecule has 0 unspecified atom stereocenters. The molecule has 12 heteroatoms. The normalized spacial score (nSPS) is 12.9. The van der Waals surface area contributed by atoms with Crippen LogP contribution < -0.4 is 21.3 Å². The molecule has 0 atom stereocenters. The standard InChI is InChI=1S/C31H25FN8O2S/c1-14(2)6-24(42)37-17-7-16(8-33-9-17)28-27(32)25-19(12-35-28)39-31-30(40-31)26(25)20-13-36-29-18(10-34-11-21(29)38-20)23-5-4-22(43-23)15(3)41/h4-5,7-14,36,38H,6H2,1-3H3,(H,37,42)(H,39,40). The van der Waals surface area contributed by atoms with Crippen LogP contribution in [0.2, 0.25) is 0 Å². The Morgan fingerprint density at radius 3 is 2.67 bits per heavy atom. The van der Waals surface area contributed by atoms with Gasteiger partial charge in [-0.15, -0.1) is 11.3 Å². The van der Waals surface area contributed by atoms with Crippen LogP contribution in [0.5, 0.6) is 0 Å². The molecule has 10 nitrogen and oxygen atoms in total. The van der Waals surface area contributed by atoms with Crippen LogP contribution in [0.15, 0.2) is 55.4 Å². The Morgan fingerprint density at radius 2 is 1.88 bits per heavy atom. The first kappa shape index (κ1) is 26.7. The maximum atomic E-state index is 16.4. The second kappa shape index (κ2) is 10.2. The molecule has 43 heavy (non-hydrogen) atoms. The van der Waals surface area contributed by atoms with Crippen molar-refractivity contribution in [1.29, 1.82) is 0 Å². The van der Waals surface area contributed by atoms with Gasteiger partial charge in [-0.05, 0) is 31.0 Å². The Kier molecular flexibility index (Phi) is 6.35. The number of hydrogen-bond donors (Lipinski definition) is 4. The van der Waals surface area contributed by atoms with Gasteiger partial charge in [-0.25, -0.2) is 9.37 Å². The van der Waals surface area contributed by atoms with Crippen LogP contribution in [0.3, 0.4) is 0 Å². The van der Waals surface area contributed by atoms with Crippen molar-refractivity contribution in [1.82, 2.24) is 19.9 Å². The molecule has 0 bridgehead atoms. The van der Waals surface area contributed by atoms with Gasteiger partial charge in [0, 0.05) is 46.6 Å². The molecule has 4 N–H and O–H groups in total. The van der Waals surface area contributed by atoms with E-state index in [9.17, 15) is 9.59 Å². The summed E-state index contributed by atoms with van der Waals surface area (Å²) < 4.78 is 16.4. The second-order valence-electron chi connectivity index (χ2n) is 10.8. The molecule has 0 spiro atoms. The van der Waals surface area contributed by atoms with E-state index in [1.165, 1.54) is 29.9 Å². The lowest BCUT2D eigenvalue weighted by Crippen LogP contribution is -2.14. The number of hydrogen-bond acceptors (Lipinski definition) is 10. The number of anilines is 5. The third kappa shape index (κ3) is 4.85. The van der Waals surface area contributed by atoms with E-state index in [0.717, 1.165) is 16.1 Å².